The Morgan fingerprint density at radius 1 is 1.24 bits per heavy atom. The number of thiocarbonyl (C=S) groups is 1. The number of unbranched alkanes of at least 4 members (excludes halogenated alkanes) is 2. The highest BCUT2D eigenvalue weighted by atomic mass is 32.2. The third-order valence-electron chi connectivity index (χ3n) is 4.26. The highest BCUT2D eigenvalue weighted by Gasteiger charge is 2.32. The third-order valence-corrected chi connectivity index (χ3v) is 5.74. The predicted molar refractivity (Wildman–Crippen MR) is 109 cm³/mol. The molecule has 136 valence electrons. The maximum atomic E-state index is 12.0. The van der Waals surface area contributed by atoms with Crippen LogP contribution in [0.5, 0.6) is 0 Å². The molecule has 25 heavy (non-hydrogen) atoms. The number of amides is 2. The van der Waals surface area contributed by atoms with Crippen molar-refractivity contribution in [2.24, 2.45) is 0 Å². The lowest BCUT2D eigenvalue weighted by atomic mass is 10.0. The predicted octanol–water partition coefficient (Wildman–Crippen LogP) is 4.56. The smallest absolute Gasteiger partial charge is 0.241 e. The zero-order valence-corrected chi connectivity index (χ0v) is 16.7. The summed E-state index contributed by atoms with van der Waals surface area (Å²) in [4.78, 5) is 25.6. The SMILES string of the molecule is CC1SC(=S)N(CCCCCC(=O)Nc2ccc(C(C)C)cc2)C1=O. The molecule has 1 heterocycles. The van der Waals surface area contributed by atoms with Gasteiger partial charge in [0.2, 0.25) is 11.8 Å². The first kappa shape index (κ1) is 19.9. The van der Waals surface area contributed by atoms with E-state index in [2.05, 4.69) is 31.3 Å². The maximum absolute atomic E-state index is 12.0. The lowest BCUT2D eigenvalue weighted by Gasteiger charge is -2.14. The molecule has 1 aliphatic rings. The van der Waals surface area contributed by atoms with Crippen molar-refractivity contribution >= 4 is 45.8 Å². The molecule has 2 amide bonds. The van der Waals surface area contributed by atoms with E-state index < -0.39 is 0 Å². The van der Waals surface area contributed by atoms with Gasteiger partial charge in [-0.2, -0.15) is 0 Å². The van der Waals surface area contributed by atoms with Gasteiger partial charge in [0.1, 0.15) is 4.32 Å². The summed E-state index contributed by atoms with van der Waals surface area (Å²) in [5.74, 6) is 0.633. The van der Waals surface area contributed by atoms with Gasteiger partial charge < -0.3 is 5.32 Å². The molecule has 1 saturated heterocycles. The number of rotatable bonds is 8. The number of benzene rings is 1. The van der Waals surface area contributed by atoms with E-state index in [9.17, 15) is 9.59 Å². The second-order valence-electron chi connectivity index (χ2n) is 6.65. The number of thioether (sulfide) groups is 1. The van der Waals surface area contributed by atoms with Gasteiger partial charge in [-0.05, 0) is 43.4 Å². The Morgan fingerprint density at radius 2 is 1.92 bits per heavy atom. The number of carbonyl (C=O) groups excluding carboxylic acids is 2. The van der Waals surface area contributed by atoms with E-state index in [1.54, 1.807) is 4.90 Å². The number of hydrogen-bond donors (Lipinski definition) is 1. The van der Waals surface area contributed by atoms with Crippen LogP contribution >= 0.6 is 24.0 Å². The minimum Gasteiger partial charge on any atom is -0.326 e. The fourth-order valence-corrected chi connectivity index (χ4v) is 4.14. The number of nitrogens with one attached hydrogen (secondary N) is 1. The van der Waals surface area contributed by atoms with Crippen molar-refractivity contribution in [1.82, 2.24) is 4.90 Å². The van der Waals surface area contributed by atoms with Gasteiger partial charge in [0.05, 0.1) is 5.25 Å². The molecule has 0 aliphatic carbocycles. The highest BCUT2D eigenvalue weighted by molar-refractivity contribution is 8.24. The molecule has 1 aromatic carbocycles. The van der Waals surface area contributed by atoms with Gasteiger partial charge >= 0.3 is 0 Å². The minimum atomic E-state index is -0.0552. The molecule has 0 spiro atoms. The van der Waals surface area contributed by atoms with Gasteiger partial charge in [0.25, 0.3) is 0 Å². The van der Waals surface area contributed by atoms with Crippen LogP contribution in [-0.2, 0) is 9.59 Å². The van der Waals surface area contributed by atoms with E-state index in [1.165, 1.54) is 17.3 Å². The van der Waals surface area contributed by atoms with Crippen molar-refractivity contribution in [3.05, 3.63) is 29.8 Å². The summed E-state index contributed by atoms with van der Waals surface area (Å²) in [6, 6.07) is 8.00. The van der Waals surface area contributed by atoms with Gasteiger partial charge in [-0.1, -0.05) is 56.4 Å². The van der Waals surface area contributed by atoms with E-state index in [0.717, 1.165) is 24.9 Å². The molecule has 0 radical (unpaired) electrons. The fourth-order valence-electron chi connectivity index (χ4n) is 2.68. The average molecular weight is 379 g/mol. The number of hydrogen-bond acceptors (Lipinski definition) is 4. The Balaban J connectivity index is 1.64. The van der Waals surface area contributed by atoms with Crippen molar-refractivity contribution < 1.29 is 9.59 Å². The number of carbonyl (C=O) groups is 2. The first-order valence-corrected chi connectivity index (χ1v) is 10.1. The average Bonchev–Trinajstić information content (AvgIpc) is 2.81. The summed E-state index contributed by atoms with van der Waals surface area (Å²) in [5.41, 5.74) is 2.10. The first-order valence-electron chi connectivity index (χ1n) is 8.80. The second kappa shape index (κ2) is 9.34. The quantitative estimate of drug-likeness (QED) is 0.532. The molecule has 0 saturated carbocycles. The van der Waals surface area contributed by atoms with Crippen LogP contribution in [-0.4, -0.2) is 32.8 Å². The van der Waals surface area contributed by atoms with E-state index in [-0.39, 0.29) is 17.1 Å². The Kier molecular flexibility index (Phi) is 7.44. The normalized spacial score (nSPS) is 17.4. The molecule has 1 fully saturated rings. The highest BCUT2D eigenvalue weighted by Crippen LogP contribution is 2.27. The van der Waals surface area contributed by atoms with Crippen molar-refractivity contribution in [1.29, 1.82) is 0 Å². The molecule has 1 aromatic rings. The molecule has 1 N–H and O–H groups in total. The summed E-state index contributed by atoms with van der Waals surface area (Å²) in [5, 5.41) is 2.88. The van der Waals surface area contributed by atoms with Crippen LogP contribution in [0.2, 0.25) is 0 Å². The van der Waals surface area contributed by atoms with Gasteiger partial charge in [-0.3, -0.25) is 14.5 Å². The van der Waals surface area contributed by atoms with Crippen LogP contribution in [0, 0.1) is 0 Å². The van der Waals surface area contributed by atoms with Gasteiger partial charge in [0.15, 0.2) is 0 Å². The zero-order valence-electron chi connectivity index (χ0n) is 15.1. The molecule has 1 atom stereocenters. The maximum Gasteiger partial charge on any atom is 0.241 e. The van der Waals surface area contributed by atoms with E-state index in [0.29, 0.717) is 23.2 Å². The van der Waals surface area contributed by atoms with Gasteiger partial charge in [-0.15, -0.1) is 0 Å². The molecular weight excluding hydrogens is 352 g/mol. The minimum absolute atomic E-state index is 0.0363. The largest absolute Gasteiger partial charge is 0.326 e. The first-order chi connectivity index (χ1) is 11.9. The molecule has 0 aromatic heterocycles. The topological polar surface area (TPSA) is 49.4 Å². The summed E-state index contributed by atoms with van der Waals surface area (Å²) in [6.45, 7) is 6.84. The number of nitrogens with zero attached hydrogens (tertiary/aromatic N) is 1. The van der Waals surface area contributed by atoms with Crippen molar-refractivity contribution in [3.8, 4) is 0 Å². The van der Waals surface area contributed by atoms with Crippen LogP contribution in [0.1, 0.15) is 57.9 Å². The van der Waals surface area contributed by atoms with Gasteiger partial charge in [0, 0.05) is 18.7 Å². The van der Waals surface area contributed by atoms with E-state index >= 15 is 0 Å². The zero-order chi connectivity index (χ0) is 18.4. The van der Waals surface area contributed by atoms with Crippen molar-refractivity contribution in [3.63, 3.8) is 0 Å². The molecule has 0 bridgehead atoms. The Morgan fingerprint density at radius 3 is 2.48 bits per heavy atom. The van der Waals surface area contributed by atoms with Crippen LogP contribution in [0.3, 0.4) is 0 Å². The van der Waals surface area contributed by atoms with Crippen molar-refractivity contribution in [2.75, 3.05) is 11.9 Å². The molecule has 1 aliphatic heterocycles. The standard InChI is InChI=1S/C19H26N2O2S2/c1-13(2)15-8-10-16(11-9-15)20-17(22)7-5-4-6-12-21-18(23)14(3)25-19(21)24/h8-11,13-14H,4-7,12H2,1-3H3,(H,20,22). The van der Waals surface area contributed by atoms with Gasteiger partial charge in [-0.25, -0.2) is 0 Å². The monoisotopic (exact) mass is 378 g/mol. The lowest BCUT2D eigenvalue weighted by molar-refractivity contribution is -0.125. The molecule has 2 rings (SSSR count). The Bertz CT molecular complexity index is 629. The summed E-state index contributed by atoms with van der Waals surface area (Å²) in [6.07, 6.45) is 3.09. The third kappa shape index (κ3) is 5.82. The lowest BCUT2D eigenvalue weighted by Crippen LogP contribution is -2.31. The number of anilines is 1. The molecule has 4 nitrogen and oxygen atoms in total. The molecule has 1 unspecified atom stereocenters. The Labute approximate surface area is 159 Å². The molecular formula is C19H26N2O2S2. The van der Waals surface area contributed by atoms with E-state index in [4.69, 9.17) is 12.2 Å². The van der Waals surface area contributed by atoms with Crippen LogP contribution in [0.25, 0.3) is 0 Å². The summed E-state index contributed by atoms with van der Waals surface area (Å²) >= 11 is 6.67. The summed E-state index contributed by atoms with van der Waals surface area (Å²) < 4.78 is 0.681. The fraction of sp³-hybridized carbons (Fsp3) is 0.526. The molecule has 6 heteroatoms. The Hall–Kier alpha value is -1.40. The summed E-state index contributed by atoms with van der Waals surface area (Å²) in [7, 11) is 0. The van der Waals surface area contributed by atoms with Crippen molar-refractivity contribution in [2.45, 2.75) is 57.6 Å². The van der Waals surface area contributed by atoms with Crippen LogP contribution in [0.4, 0.5) is 5.69 Å². The van der Waals surface area contributed by atoms with Crippen LogP contribution < -0.4 is 5.32 Å². The van der Waals surface area contributed by atoms with E-state index in [1.807, 2.05) is 19.1 Å². The van der Waals surface area contributed by atoms with Crippen LogP contribution in [0.15, 0.2) is 24.3 Å². The second-order valence-corrected chi connectivity index (χ2v) is 8.63.